The van der Waals surface area contributed by atoms with Gasteiger partial charge in [0.2, 0.25) is 0 Å². The molecule has 0 aliphatic heterocycles. The Kier molecular flexibility index (Phi) is 6.08. The molecular weight excluding hydrogens is 272 g/mol. The monoisotopic (exact) mass is 300 g/mol. The van der Waals surface area contributed by atoms with Gasteiger partial charge in [-0.1, -0.05) is 39.3 Å². The molecule has 3 nitrogen and oxygen atoms in total. The first-order valence-electron chi connectivity index (χ1n) is 7.62. The third-order valence-electron chi connectivity index (χ3n) is 3.53. The van der Waals surface area contributed by atoms with Crippen LogP contribution < -0.4 is 0 Å². The molecule has 0 saturated carbocycles. The van der Waals surface area contributed by atoms with E-state index in [4.69, 9.17) is 11.6 Å². The van der Waals surface area contributed by atoms with Crippen molar-refractivity contribution in [2.24, 2.45) is 11.8 Å². The van der Waals surface area contributed by atoms with Crippen molar-refractivity contribution in [1.82, 2.24) is 9.78 Å². The Morgan fingerprint density at radius 3 is 2.10 bits per heavy atom. The van der Waals surface area contributed by atoms with Crippen molar-refractivity contribution >= 4 is 11.6 Å². The summed E-state index contributed by atoms with van der Waals surface area (Å²) in [5.41, 5.74) is 1.11. The Morgan fingerprint density at radius 1 is 1.20 bits per heavy atom. The first-order chi connectivity index (χ1) is 9.18. The van der Waals surface area contributed by atoms with Gasteiger partial charge in [0.05, 0.1) is 22.0 Å². The van der Waals surface area contributed by atoms with Gasteiger partial charge in [-0.3, -0.25) is 4.68 Å². The molecule has 1 rings (SSSR count). The van der Waals surface area contributed by atoms with Crippen LogP contribution in [-0.2, 0) is 13.0 Å². The first kappa shape index (κ1) is 17.5. The molecule has 1 N–H and O–H groups in total. The molecule has 0 aliphatic rings. The summed E-state index contributed by atoms with van der Waals surface area (Å²) in [7, 11) is 0. The van der Waals surface area contributed by atoms with E-state index in [1.165, 1.54) is 0 Å². The van der Waals surface area contributed by atoms with Crippen LogP contribution in [0.3, 0.4) is 0 Å². The number of hydrogen-bond acceptors (Lipinski definition) is 2. The van der Waals surface area contributed by atoms with E-state index in [1.54, 1.807) is 0 Å². The Balaban J connectivity index is 3.06. The summed E-state index contributed by atoms with van der Waals surface area (Å²) in [6.07, 6.45) is 2.15. The minimum atomic E-state index is -0.703. The number of aryl methyl sites for hydroxylation is 2. The predicted molar refractivity (Wildman–Crippen MR) is 85.2 cm³/mol. The zero-order chi connectivity index (χ0) is 15.5. The largest absolute Gasteiger partial charge is 0.389 e. The molecule has 0 aliphatic carbocycles. The molecule has 0 atom stereocenters. The van der Waals surface area contributed by atoms with Crippen LogP contribution in [0.15, 0.2) is 0 Å². The van der Waals surface area contributed by atoms with Crippen LogP contribution in [0.2, 0.25) is 5.02 Å². The van der Waals surface area contributed by atoms with Crippen LogP contribution in [0.25, 0.3) is 0 Å². The van der Waals surface area contributed by atoms with Crippen LogP contribution in [0.5, 0.6) is 0 Å². The fraction of sp³-hybridized carbons (Fsp3) is 0.812. The Bertz CT molecular complexity index is 428. The molecule has 0 spiro atoms. The molecule has 0 amide bonds. The predicted octanol–water partition coefficient (Wildman–Crippen LogP) is 4.23. The quantitative estimate of drug-likeness (QED) is 0.818. The number of hydrogen-bond donors (Lipinski definition) is 1. The second-order valence-corrected chi connectivity index (χ2v) is 7.14. The number of aliphatic hydroxyl groups is 1. The van der Waals surface area contributed by atoms with E-state index in [2.05, 4.69) is 39.7 Å². The number of halogens is 1. The van der Waals surface area contributed by atoms with Gasteiger partial charge in [-0.05, 0) is 38.5 Å². The van der Waals surface area contributed by atoms with Crippen molar-refractivity contribution in [2.75, 3.05) is 0 Å². The zero-order valence-electron chi connectivity index (χ0n) is 13.7. The topological polar surface area (TPSA) is 38.0 Å². The maximum absolute atomic E-state index is 11.1. The van der Waals surface area contributed by atoms with Gasteiger partial charge in [0.15, 0.2) is 0 Å². The normalized spacial score (nSPS) is 12.7. The molecule has 1 aromatic heterocycles. The standard InChI is InChI=1S/C16H29ClN2O/c1-7-19-14(15(17)13(6)18-19)10-16(20,8-11(2)3)9-12(4)5/h11-12,20H,7-10H2,1-6H3. The van der Waals surface area contributed by atoms with Gasteiger partial charge in [0, 0.05) is 13.0 Å². The zero-order valence-corrected chi connectivity index (χ0v) is 14.5. The molecular formula is C16H29ClN2O. The SMILES string of the molecule is CCn1nc(C)c(Cl)c1CC(O)(CC(C)C)CC(C)C. The second kappa shape index (κ2) is 6.95. The summed E-state index contributed by atoms with van der Waals surface area (Å²) in [5, 5.41) is 16.2. The summed E-state index contributed by atoms with van der Waals surface area (Å²) < 4.78 is 1.92. The molecule has 1 aromatic rings. The molecule has 20 heavy (non-hydrogen) atoms. The van der Waals surface area contributed by atoms with Gasteiger partial charge >= 0.3 is 0 Å². The molecule has 1 heterocycles. The summed E-state index contributed by atoms with van der Waals surface area (Å²) in [6, 6.07) is 0. The number of nitrogens with zero attached hydrogens (tertiary/aromatic N) is 2. The first-order valence-corrected chi connectivity index (χ1v) is 8.00. The van der Waals surface area contributed by atoms with E-state index in [1.807, 2.05) is 11.6 Å². The van der Waals surface area contributed by atoms with Crippen LogP contribution in [0.1, 0.15) is 58.8 Å². The molecule has 0 aromatic carbocycles. The summed E-state index contributed by atoms with van der Waals surface area (Å²) >= 11 is 6.38. The highest BCUT2D eigenvalue weighted by atomic mass is 35.5. The van der Waals surface area contributed by atoms with Crippen molar-refractivity contribution in [2.45, 2.75) is 73.0 Å². The lowest BCUT2D eigenvalue weighted by atomic mass is 9.81. The maximum Gasteiger partial charge on any atom is 0.0848 e. The Labute approximate surface area is 128 Å². The average Bonchev–Trinajstić information content (AvgIpc) is 2.54. The van der Waals surface area contributed by atoms with E-state index in [9.17, 15) is 5.11 Å². The Morgan fingerprint density at radius 2 is 1.70 bits per heavy atom. The smallest absolute Gasteiger partial charge is 0.0848 e. The molecule has 0 unspecified atom stereocenters. The van der Waals surface area contributed by atoms with Crippen molar-refractivity contribution < 1.29 is 5.11 Å². The molecule has 0 fully saturated rings. The van der Waals surface area contributed by atoms with Crippen molar-refractivity contribution in [1.29, 1.82) is 0 Å². The summed E-state index contributed by atoms with van der Waals surface area (Å²) in [4.78, 5) is 0. The molecule has 0 bridgehead atoms. The highest BCUT2D eigenvalue weighted by Crippen LogP contribution is 2.32. The summed E-state index contributed by atoms with van der Waals surface area (Å²) in [5.74, 6) is 0.910. The van der Waals surface area contributed by atoms with E-state index in [0.717, 1.165) is 30.8 Å². The van der Waals surface area contributed by atoms with Gasteiger partial charge in [0.25, 0.3) is 0 Å². The van der Waals surface area contributed by atoms with Gasteiger partial charge in [0.1, 0.15) is 0 Å². The van der Waals surface area contributed by atoms with Crippen molar-refractivity contribution in [3.63, 3.8) is 0 Å². The maximum atomic E-state index is 11.1. The molecule has 0 saturated heterocycles. The fourth-order valence-corrected chi connectivity index (χ4v) is 3.30. The minimum absolute atomic E-state index is 0.455. The van der Waals surface area contributed by atoms with E-state index in [0.29, 0.717) is 23.3 Å². The van der Waals surface area contributed by atoms with Gasteiger partial charge in [-0.15, -0.1) is 0 Å². The van der Waals surface area contributed by atoms with Crippen LogP contribution in [0, 0.1) is 18.8 Å². The number of aromatic nitrogens is 2. The van der Waals surface area contributed by atoms with Crippen molar-refractivity contribution in [3.05, 3.63) is 16.4 Å². The van der Waals surface area contributed by atoms with E-state index in [-0.39, 0.29) is 0 Å². The van der Waals surface area contributed by atoms with E-state index >= 15 is 0 Å². The van der Waals surface area contributed by atoms with Gasteiger partial charge < -0.3 is 5.11 Å². The van der Waals surface area contributed by atoms with Crippen LogP contribution in [0.4, 0.5) is 0 Å². The fourth-order valence-electron chi connectivity index (χ4n) is 3.10. The van der Waals surface area contributed by atoms with Gasteiger partial charge in [-0.25, -0.2) is 0 Å². The van der Waals surface area contributed by atoms with E-state index < -0.39 is 5.60 Å². The molecule has 0 radical (unpaired) electrons. The minimum Gasteiger partial charge on any atom is -0.389 e. The second-order valence-electron chi connectivity index (χ2n) is 6.76. The highest BCUT2D eigenvalue weighted by molar-refractivity contribution is 6.31. The van der Waals surface area contributed by atoms with Crippen molar-refractivity contribution in [3.8, 4) is 0 Å². The summed E-state index contributed by atoms with van der Waals surface area (Å²) in [6.45, 7) is 13.3. The third kappa shape index (κ3) is 4.49. The Hall–Kier alpha value is -0.540. The lowest BCUT2D eigenvalue weighted by Gasteiger charge is -2.32. The molecule has 4 heteroatoms. The lowest BCUT2D eigenvalue weighted by molar-refractivity contribution is -0.000910. The average molecular weight is 301 g/mol. The lowest BCUT2D eigenvalue weighted by Crippen LogP contribution is -2.35. The van der Waals surface area contributed by atoms with Crippen LogP contribution >= 0.6 is 11.6 Å². The van der Waals surface area contributed by atoms with Gasteiger partial charge in [-0.2, -0.15) is 5.10 Å². The highest BCUT2D eigenvalue weighted by Gasteiger charge is 2.32. The van der Waals surface area contributed by atoms with Crippen LogP contribution in [-0.4, -0.2) is 20.5 Å². The number of rotatable bonds is 7. The molecule has 116 valence electrons. The third-order valence-corrected chi connectivity index (χ3v) is 4.02.